The molecule has 0 saturated heterocycles. The quantitative estimate of drug-likeness (QED) is 0.680. The first-order valence-electron chi connectivity index (χ1n) is 6.48. The average Bonchev–Trinajstić information content (AvgIpc) is 2.56. The molecule has 0 fully saturated rings. The zero-order chi connectivity index (χ0) is 16.7. The molecule has 0 unspecified atom stereocenters. The molecule has 23 heavy (non-hydrogen) atoms. The van der Waals surface area contributed by atoms with E-state index in [4.69, 9.17) is 10.00 Å². The minimum Gasteiger partial charge on any atom is -0.484 e. The van der Waals surface area contributed by atoms with E-state index in [-0.39, 0.29) is 6.61 Å². The van der Waals surface area contributed by atoms with Crippen LogP contribution in [0, 0.1) is 23.0 Å². The van der Waals surface area contributed by atoms with Crippen molar-refractivity contribution in [1.29, 1.82) is 5.26 Å². The lowest BCUT2D eigenvalue weighted by Gasteiger charge is -2.04. The molecule has 2 rings (SSSR count). The van der Waals surface area contributed by atoms with Gasteiger partial charge in [0.05, 0.1) is 17.8 Å². The summed E-state index contributed by atoms with van der Waals surface area (Å²) in [5.41, 5.74) is 2.98. The number of nitrogens with one attached hydrogen (secondary N) is 1. The molecule has 0 saturated carbocycles. The zero-order valence-electron chi connectivity index (χ0n) is 11.8. The summed E-state index contributed by atoms with van der Waals surface area (Å²) in [4.78, 5) is 11.5. The number of amides is 1. The van der Waals surface area contributed by atoms with Crippen molar-refractivity contribution in [2.45, 2.75) is 0 Å². The fraction of sp³-hybridized carbons (Fsp3) is 0.0625. The van der Waals surface area contributed by atoms with Gasteiger partial charge in [-0.1, -0.05) is 6.07 Å². The summed E-state index contributed by atoms with van der Waals surface area (Å²) in [5, 5.41) is 12.3. The Hall–Kier alpha value is -3.27. The summed E-state index contributed by atoms with van der Waals surface area (Å²) >= 11 is 0. The van der Waals surface area contributed by atoms with Gasteiger partial charge in [-0.15, -0.1) is 0 Å². The molecule has 0 spiro atoms. The van der Waals surface area contributed by atoms with Crippen LogP contribution in [-0.2, 0) is 4.79 Å². The van der Waals surface area contributed by atoms with Crippen LogP contribution in [0.1, 0.15) is 11.1 Å². The maximum absolute atomic E-state index is 13.0. The van der Waals surface area contributed by atoms with Crippen molar-refractivity contribution in [1.82, 2.24) is 5.43 Å². The molecule has 2 aromatic rings. The standard InChI is InChI=1S/C16H11F2N3O2/c17-14-6-3-12(7-15(14)18)9-20-21-16(22)10-23-13-4-1-11(8-19)2-5-13/h1-7,9H,10H2,(H,21,22)/b20-9+. The maximum atomic E-state index is 13.0. The Morgan fingerprint density at radius 3 is 2.61 bits per heavy atom. The molecule has 0 heterocycles. The third-order valence-corrected chi connectivity index (χ3v) is 2.70. The first-order chi connectivity index (χ1) is 11.1. The van der Waals surface area contributed by atoms with Gasteiger partial charge in [-0.25, -0.2) is 14.2 Å². The smallest absolute Gasteiger partial charge is 0.277 e. The molecular formula is C16H11F2N3O2. The highest BCUT2D eigenvalue weighted by Crippen LogP contribution is 2.11. The predicted molar refractivity (Wildman–Crippen MR) is 78.7 cm³/mol. The first kappa shape index (κ1) is 16.1. The van der Waals surface area contributed by atoms with Crippen LogP contribution in [0.15, 0.2) is 47.6 Å². The predicted octanol–water partition coefficient (Wildman–Crippen LogP) is 2.37. The number of carbonyl (C=O) groups excluding carboxylic acids is 1. The van der Waals surface area contributed by atoms with E-state index in [9.17, 15) is 13.6 Å². The molecule has 5 nitrogen and oxygen atoms in total. The largest absolute Gasteiger partial charge is 0.484 e. The minimum absolute atomic E-state index is 0.277. The highest BCUT2D eigenvalue weighted by atomic mass is 19.2. The summed E-state index contributed by atoms with van der Waals surface area (Å²) < 4.78 is 30.9. The molecule has 0 radical (unpaired) electrons. The van der Waals surface area contributed by atoms with Crippen LogP contribution in [-0.4, -0.2) is 18.7 Å². The fourth-order valence-corrected chi connectivity index (χ4v) is 1.58. The topological polar surface area (TPSA) is 74.5 Å². The van der Waals surface area contributed by atoms with Crippen LogP contribution < -0.4 is 10.2 Å². The van der Waals surface area contributed by atoms with E-state index in [2.05, 4.69) is 10.5 Å². The Bertz CT molecular complexity index is 768. The van der Waals surface area contributed by atoms with E-state index in [1.54, 1.807) is 24.3 Å². The van der Waals surface area contributed by atoms with Gasteiger partial charge in [-0.3, -0.25) is 4.79 Å². The molecule has 2 aromatic carbocycles. The summed E-state index contributed by atoms with van der Waals surface area (Å²) in [7, 11) is 0. The van der Waals surface area contributed by atoms with E-state index in [0.717, 1.165) is 12.1 Å². The molecule has 0 atom stereocenters. The number of nitrogens with zero attached hydrogens (tertiary/aromatic N) is 2. The Labute approximate surface area is 130 Å². The lowest BCUT2D eigenvalue weighted by molar-refractivity contribution is -0.123. The monoisotopic (exact) mass is 315 g/mol. The van der Waals surface area contributed by atoms with E-state index in [1.807, 2.05) is 6.07 Å². The van der Waals surface area contributed by atoms with Crippen molar-refractivity contribution < 1.29 is 18.3 Å². The molecular weight excluding hydrogens is 304 g/mol. The van der Waals surface area contributed by atoms with Crippen LogP contribution in [0.5, 0.6) is 5.75 Å². The summed E-state index contributed by atoms with van der Waals surface area (Å²) in [5.74, 6) is -2.04. The number of hydrazone groups is 1. The van der Waals surface area contributed by atoms with Gasteiger partial charge in [0, 0.05) is 0 Å². The first-order valence-corrected chi connectivity index (χ1v) is 6.48. The van der Waals surface area contributed by atoms with Gasteiger partial charge in [0.2, 0.25) is 0 Å². The molecule has 7 heteroatoms. The van der Waals surface area contributed by atoms with Crippen molar-refractivity contribution in [3.8, 4) is 11.8 Å². The lowest BCUT2D eigenvalue weighted by Crippen LogP contribution is -2.24. The third kappa shape index (κ3) is 4.89. The minimum atomic E-state index is -0.996. The van der Waals surface area contributed by atoms with Crippen LogP contribution >= 0.6 is 0 Å². The molecule has 1 N–H and O–H groups in total. The van der Waals surface area contributed by atoms with E-state index in [1.165, 1.54) is 12.3 Å². The van der Waals surface area contributed by atoms with E-state index in [0.29, 0.717) is 16.9 Å². The summed E-state index contributed by atoms with van der Waals surface area (Å²) in [6, 6.07) is 11.5. The average molecular weight is 315 g/mol. The number of rotatable bonds is 5. The van der Waals surface area contributed by atoms with Gasteiger partial charge in [0.25, 0.3) is 5.91 Å². The normalized spacial score (nSPS) is 10.3. The summed E-state index contributed by atoms with van der Waals surface area (Å²) in [6.07, 6.45) is 1.18. The Kier molecular flexibility index (Phi) is 5.36. The Morgan fingerprint density at radius 2 is 1.96 bits per heavy atom. The molecule has 0 bridgehead atoms. The molecule has 1 amide bonds. The highest BCUT2D eigenvalue weighted by Gasteiger charge is 2.03. The number of nitriles is 1. The third-order valence-electron chi connectivity index (χ3n) is 2.70. The highest BCUT2D eigenvalue weighted by molar-refractivity contribution is 5.82. The van der Waals surface area contributed by atoms with Crippen LogP contribution in [0.2, 0.25) is 0 Å². The number of ether oxygens (including phenoxy) is 1. The summed E-state index contributed by atoms with van der Waals surface area (Å²) in [6.45, 7) is -0.277. The molecule has 116 valence electrons. The van der Waals surface area contributed by atoms with Gasteiger partial charge >= 0.3 is 0 Å². The second-order valence-electron chi connectivity index (χ2n) is 4.39. The van der Waals surface area contributed by atoms with E-state index >= 15 is 0 Å². The van der Waals surface area contributed by atoms with Gasteiger partial charge in [-0.05, 0) is 42.0 Å². The zero-order valence-corrected chi connectivity index (χ0v) is 11.8. The molecule has 0 aliphatic heterocycles. The maximum Gasteiger partial charge on any atom is 0.277 e. The SMILES string of the molecule is N#Cc1ccc(OCC(=O)N/N=C/c2ccc(F)c(F)c2)cc1. The number of hydrogen-bond acceptors (Lipinski definition) is 4. The number of carbonyl (C=O) groups is 1. The van der Waals surface area contributed by atoms with Gasteiger partial charge in [0.15, 0.2) is 18.2 Å². The Balaban J connectivity index is 1.81. The number of hydrogen-bond donors (Lipinski definition) is 1. The van der Waals surface area contributed by atoms with Gasteiger partial charge in [-0.2, -0.15) is 10.4 Å². The van der Waals surface area contributed by atoms with Crippen molar-refractivity contribution in [3.05, 3.63) is 65.2 Å². The van der Waals surface area contributed by atoms with E-state index < -0.39 is 17.5 Å². The second-order valence-corrected chi connectivity index (χ2v) is 4.39. The number of halogens is 2. The van der Waals surface area contributed by atoms with Crippen molar-refractivity contribution in [2.75, 3.05) is 6.61 Å². The Morgan fingerprint density at radius 1 is 1.22 bits per heavy atom. The van der Waals surface area contributed by atoms with Gasteiger partial charge < -0.3 is 4.74 Å². The molecule has 0 aromatic heterocycles. The van der Waals surface area contributed by atoms with Crippen LogP contribution in [0.25, 0.3) is 0 Å². The molecule has 0 aliphatic rings. The van der Waals surface area contributed by atoms with Gasteiger partial charge in [0.1, 0.15) is 5.75 Å². The second kappa shape index (κ2) is 7.66. The fourth-order valence-electron chi connectivity index (χ4n) is 1.58. The van der Waals surface area contributed by atoms with Crippen molar-refractivity contribution >= 4 is 12.1 Å². The lowest BCUT2D eigenvalue weighted by atomic mass is 10.2. The number of benzene rings is 2. The molecule has 0 aliphatic carbocycles. The van der Waals surface area contributed by atoms with Crippen molar-refractivity contribution in [2.24, 2.45) is 5.10 Å². The van der Waals surface area contributed by atoms with Crippen LogP contribution in [0.4, 0.5) is 8.78 Å². The van der Waals surface area contributed by atoms with Crippen LogP contribution in [0.3, 0.4) is 0 Å². The van der Waals surface area contributed by atoms with Crippen molar-refractivity contribution in [3.63, 3.8) is 0 Å².